The Hall–Kier alpha value is -3.78. The molecule has 2 aromatic carbocycles. The number of nitrogens with zero attached hydrogens (tertiary/aromatic N) is 5. The van der Waals surface area contributed by atoms with Crippen LogP contribution >= 0.6 is 11.6 Å². The molecule has 0 spiro atoms. The number of anilines is 1. The summed E-state index contributed by atoms with van der Waals surface area (Å²) in [6, 6.07) is 6.55. The quantitative estimate of drug-likeness (QED) is 0.375. The van der Waals surface area contributed by atoms with E-state index >= 15 is 4.39 Å². The number of benzene rings is 2. The van der Waals surface area contributed by atoms with Crippen LogP contribution in [0.4, 0.5) is 15.8 Å². The van der Waals surface area contributed by atoms with Crippen molar-refractivity contribution in [3.63, 3.8) is 0 Å². The number of aliphatic hydroxyl groups is 1. The summed E-state index contributed by atoms with van der Waals surface area (Å²) >= 11 is 6.29. The topological polar surface area (TPSA) is 117 Å². The van der Waals surface area contributed by atoms with Crippen LogP contribution in [0.3, 0.4) is 0 Å². The van der Waals surface area contributed by atoms with E-state index in [1.165, 1.54) is 10.7 Å². The van der Waals surface area contributed by atoms with Crippen molar-refractivity contribution in [1.82, 2.24) is 20.0 Å². The molecule has 0 amide bonds. The molecule has 5 rings (SSSR count). The Morgan fingerprint density at radius 1 is 1.34 bits per heavy atom. The van der Waals surface area contributed by atoms with Gasteiger partial charge in [-0.15, -0.1) is 0 Å². The predicted molar refractivity (Wildman–Crippen MR) is 132 cm³/mol. The lowest BCUT2D eigenvalue weighted by molar-refractivity contribution is 0.0311. The highest BCUT2D eigenvalue weighted by molar-refractivity contribution is 6.31. The molecule has 0 unspecified atom stereocenters. The highest BCUT2D eigenvalue weighted by Gasteiger charge is 2.39. The first kappa shape index (κ1) is 23.0. The summed E-state index contributed by atoms with van der Waals surface area (Å²) in [5.41, 5.74) is 7.18. The highest BCUT2D eigenvalue weighted by Crippen LogP contribution is 2.48. The number of nitrogens with two attached hydrogens (primary N) is 1. The van der Waals surface area contributed by atoms with Gasteiger partial charge in [0.1, 0.15) is 5.82 Å². The van der Waals surface area contributed by atoms with Gasteiger partial charge in [-0.05, 0) is 30.7 Å². The molecule has 4 N–H and O–H groups in total. The molecule has 0 bridgehead atoms. The van der Waals surface area contributed by atoms with Gasteiger partial charge < -0.3 is 15.7 Å². The number of aryl methyl sites for hydroxylation is 1. The molecule has 4 aromatic rings. The van der Waals surface area contributed by atoms with Crippen LogP contribution in [-0.4, -0.2) is 43.8 Å². The number of hydrogen-bond donors (Lipinski definition) is 3. The van der Waals surface area contributed by atoms with Gasteiger partial charge in [-0.1, -0.05) is 17.7 Å². The number of hydrogen-bond acceptors (Lipinski definition) is 6. The minimum Gasteiger partial charge on any atom is -0.386 e. The molecule has 1 aliphatic rings. The number of nitrogens with one attached hydrogen (secondary N) is 1. The van der Waals surface area contributed by atoms with E-state index in [9.17, 15) is 9.90 Å². The van der Waals surface area contributed by atoms with Crippen molar-refractivity contribution in [1.29, 1.82) is 0 Å². The molecule has 2 aromatic heterocycles. The Morgan fingerprint density at radius 2 is 2.09 bits per heavy atom. The van der Waals surface area contributed by atoms with E-state index < -0.39 is 11.4 Å². The summed E-state index contributed by atoms with van der Waals surface area (Å²) < 4.78 is 17.1. The van der Waals surface area contributed by atoms with Gasteiger partial charge in [0, 0.05) is 48.9 Å². The van der Waals surface area contributed by atoms with Gasteiger partial charge in [-0.25, -0.2) is 14.3 Å². The molecule has 178 valence electrons. The van der Waals surface area contributed by atoms with Crippen LogP contribution in [0.15, 0.2) is 35.3 Å². The van der Waals surface area contributed by atoms with Crippen LogP contribution in [0.25, 0.3) is 38.0 Å². The van der Waals surface area contributed by atoms with Crippen LogP contribution in [-0.2, 0) is 13.6 Å². The first-order chi connectivity index (χ1) is 16.6. The fraction of sp³-hybridized carbons (Fsp3) is 0.250. The maximum atomic E-state index is 15.6. The number of aromatic amines is 1. The van der Waals surface area contributed by atoms with E-state index in [1.54, 1.807) is 43.3 Å². The Labute approximate surface area is 204 Å². The number of halogens is 2. The molecule has 1 fully saturated rings. The van der Waals surface area contributed by atoms with Crippen molar-refractivity contribution >= 4 is 33.7 Å². The molecular weight excluding hydrogens is 473 g/mol. The molecule has 0 aliphatic carbocycles. The Balaban J connectivity index is 1.75. The van der Waals surface area contributed by atoms with Gasteiger partial charge in [0.05, 0.1) is 40.2 Å². The third-order valence-electron chi connectivity index (χ3n) is 6.23. The van der Waals surface area contributed by atoms with Crippen LogP contribution in [0.2, 0.25) is 5.02 Å². The lowest BCUT2D eigenvalue weighted by Gasteiger charge is -2.46. The fourth-order valence-corrected chi connectivity index (χ4v) is 4.81. The van der Waals surface area contributed by atoms with Crippen LogP contribution in [0, 0.1) is 12.4 Å². The zero-order valence-electron chi connectivity index (χ0n) is 18.9. The van der Waals surface area contributed by atoms with E-state index in [4.69, 9.17) is 23.9 Å². The third kappa shape index (κ3) is 3.65. The highest BCUT2D eigenvalue weighted by atomic mass is 35.5. The minimum absolute atomic E-state index is 0.0206. The monoisotopic (exact) mass is 493 g/mol. The molecule has 0 atom stereocenters. The number of H-pyrrole nitrogens is 1. The molecule has 35 heavy (non-hydrogen) atoms. The van der Waals surface area contributed by atoms with Gasteiger partial charge in [-0.2, -0.15) is 10.2 Å². The van der Waals surface area contributed by atoms with E-state index in [1.807, 2.05) is 0 Å². The van der Waals surface area contributed by atoms with Crippen molar-refractivity contribution in [2.45, 2.75) is 19.1 Å². The number of β-amino-alcohol motifs (C(OH)–C–C–N with tert-alkyl or cyclic N) is 1. The van der Waals surface area contributed by atoms with Crippen molar-refractivity contribution in [2.24, 2.45) is 12.8 Å². The average Bonchev–Trinajstić information content (AvgIpc) is 3.19. The number of fused-ring (bicyclic) bond motifs is 1. The molecule has 0 radical (unpaired) electrons. The summed E-state index contributed by atoms with van der Waals surface area (Å²) in [5.74, 6) is -0.736. The molecule has 1 saturated heterocycles. The van der Waals surface area contributed by atoms with E-state index in [-0.39, 0.29) is 28.4 Å². The van der Waals surface area contributed by atoms with Crippen molar-refractivity contribution in [3.05, 3.63) is 68.8 Å². The van der Waals surface area contributed by atoms with E-state index in [0.717, 1.165) is 0 Å². The zero-order valence-corrected chi connectivity index (χ0v) is 19.7. The second-order valence-electron chi connectivity index (χ2n) is 8.87. The third-order valence-corrected chi connectivity index (χ3v) is 6.51. The number of aromatic nitrogens is 4. The predicted octanol–water partition coefficient (Wildman–Crippen LogP) is 3.36. The molecule has 3 heterocycles. The summed E-state index contributed by atoms with van der Waals surface area (Å²) in [5, 5.41) is 21.9. The summed E-state index contributed by atoms with van der Waals surface area (Å²) in [7, 11) is 1.65. The molecule has 0 saturated carbocycles. The molecule has 11 heteroatoms. The summed E-state index contributed by atoms with van der Waals surface area (Å²) in [6.45, 7) is 10.3. The average molecular weight is 494 g/mol. The van der Waals surface area contributed by atoms with E-state index in [0.29, 0.717) is 52.1 Å². The van der Waals surface area contributed by atoms with Crippen LogP contribution in [0.1, 0.15) is 12.6 Å². The largest absolute Gasteiger partial charge is 0.386 e. The van der Waals surface area contributed by atoms with Gasteiger partial charge in [-0.3, -0.25) is 9.48 Å². The standard InChI is InChI=1S/C24H21ClFN7O2/c1-24(35)10-33(11-24)18-7-16(25)20(26)19(21(18)28-2)22-15(9-29-32(22)3)12-4-5-13-14(6-12)17(8-27)30-31-23(13)34/h4-7,9,35H,8,10-11,27H2,1,3H3,(H,31,34). The lowest BCUT2D eigenvalue weighted by Crippen LogP contribution is -2.60. The van der Waals surface area contributed by atoms with Gasteiger partial charge in [0.2, 0.25) is 5.69 Å². The SMILES string of the molecule is [C-]#[N+]c1c(N2CC(C)(O)C2)cc(Cl)c(F)c1-c1c(-c2ccc3c(=O)[nH]nc(CN)c3c2)cnn1C. The molecule has 1 aliphatic heterocycles. The second kappa shape index (κ2) is 8.16. The maximum Gasteiger partial charge on any atom is 0.272 e. The van der Waals surface area contributed by atoms with Crippen molar-refractivity contribution in [3.8, 4) is 22.4 Å². The summed E-state index contributed by atoms with van der Waals surface area (Å²) in [4.78, 5) is 17.7. The summed E-state index contributed by atoms with van der Waals surface area (Å²) in [6.07, 6.45) is 1.57. The van der Waals surface area contributed by atoms with Gasteiger partial charge >= 0.3 is 0 Å². The molecular formula is C24H21ClFN7O2. The minimum atomic E-state index is -0.893. The first-order valence-electron chi connectivity index (χ1n) is 10.8. The van der Waals surface area contributed by atoms with Crippen molar-refractivity contribution < 1.29 is 9.50 Å². The maximum absolute atomic E-state index is 15.6. The van der Waals surface area contributed by atoms with Gasteiger partial charge in [0.25, 0.3) is 5.56 Å². The molecule has 9 nitrogen and oxygen atoms in total. The first-order valence-corrected chi connectivity index (χ1v) is 11.1. The van der Waals surface area contributed by atoms with Gasteiger partial charge in [0.15, 0.2) is 0 Å². The van der Waals surface area contributed by atoms with Crippen LogP contribution < -0.4 is 16.2 Å². The Bertz CT molecular complexity index is 1590. The fourth-order valence-electron chi connectivity index (χ4n) is 4.61. The van der Waals surface area contributed by atoms with Crippen LogP contribution in [0.5, 0.6) is 0 Å². The number of rotatable bonds is 4. The smallest absolute Gasteiger partial charge is 0.272 e. The lowest BCUT2D eigenvalue weighted by atomic mass is 9.93. The Kier molecular flexibility index (Phi) is 5.36. The zero-order chi connectivity index (χ0) is 25.1. The van der Waals surface area contributed by atoms with E-state index in [2.05, 4.69) is 20.1 Å². The normalized spacial score (nSPS) is 14.7. The second-order valence-corrected chi connectivity index (χ2v) is 9.28. The Morgan fingerprint density at radius 3 is 2.74 bits per heavy atom. The van der Waals surface area contributed by atoms with Crippen molar-refractivity contribution in [2.75, 3.05) is 18.0 Å².